The van der Waals surface area contributed by atoms with Crippen molar-refractivity contribution in [3.63, 3.8) is 0 Å². The summed E-state index contributed by atoms with van der Waals surface area (Å²) in [6.45, 7) is 13.0. The van der Waals surface area contributed by atoms with Crippen LogP contribution < -0.4 is 0 Å². The zero-order valence-corrected chi connectivity index (χ0v) is 13.1. The van der Waals surface area contributed by atoms with Gasteiger partial charge in [-0.1, -0.05) is 47.6 Å². The molecule has 0 amide bonds. The summed E-state index contributed by atoms with van der Waals surface area (Å²) in [5.74, 6) is 0.368. The summed E-state index contributed by atoms with van der Waals surface area (Å²) in [6, 6.07) is 5.91. The van der Waals surface area contributed by atoms with Gasteiger partial charge in [0.1, 0.15) is 5.75 Å². The second-order valence-corrected chi connectivity index (χ2v) is 6.27. The Morgan fingerprint density at radius 2 is 1.00 bits per heavy atom. The number of halogens is 2. The lowest BCUT2D eigenvalue weighted by molar-refractivity contribution is 0.466. The van der Waals surface area contributed by atoms with E-state index in [0.29, 0.717) is 5.75 Å². The first-order chi connectivity index (χ1) is 6.60. The Hall–Kier alpha value is -0.400. The molecule has 0 aliphatic heterocycles. The molecule has 1 aromatic carbocycles. The maximum Gasteiger partial charge on any atom is 0.116 e. The van der Waals surface area contributed by atoms with Crippen molar-refractivity contribution in [3.05, 3.63) is 29.3 Å². The average molecular weight is 279 g/mol. The highest BCUT2D eigenvalue weighted by Crippen LogP contribution is 2.32. The number of phenols is 1. The molecule has 3 heteroatoms. The minimum atomic E-state index is 0. The molecule has 1 rings (SSSR count). The Labute approximate surface area is 117 Å². The van der Waals surface area contributed by atoms with Gasteiger partial charge in [0.05, 0.1) is 0 Å². The molecular formula is C14H24Cl2O. The molecule has 1 N–H and O–H groups in total. The molecule has 17 heavy (non-hydrogen) atoms. The predicted molar refractivity (Wildman–Crippen MR) is 80.0 cm³/mol. The van der Waals surface area contributed by atoms with Gasteiger partial charge in [0, 0.05) is 0 Å². The molecule has 0 radical (unpaired) electrons. The molecule has 100 valence electrons. The first-order valence-corrected chi connectivity index (χ1v) is 5.46. The lowest BCUT2D eigenvalue weighted by Gasteiger charge is -2.25. The first kappa shape index (κ1) is 19.0. The third-order valence-electron chi connectivity index (χ3n) is 2.65. The van der Waals surface area contributed by atoms with Crippen LogP contribution >= 0.6 is 24.8 Å². The van der Waals surface area contributed by atoms with Gasteiger partial charge in [-0.25, -0.2) is 0 Å². The Morgan fingerprint density at radius 1 is 0.706 bits per heavy atom. The average Bonchev–Trinajstić information content (AvgIpc) is 1.99. The monoisotopic (exact) mass is 278 g/mol. The minimum absolute atomic E-state index is 0. The zero-order chi connectivity index (χ0) is 11.9. The molecule has 0 heterocycles. The van der Waals surface area contributed by atoms with Crippen molar-refractivity contribution in [2.24, 2.45) is 0 Å². The van der Waals surface area contributed by atoms with E-state index in [0.717, 1.165) is 0 Å². The smallest absolute Gasteiger partial charge is 0.116 e. The van der Waals surface area contributed by atoms with E-state index in [-0.39, 0.29) is 35.6 Å². The molecule has 0 aromatic heterocycles. The van der Waals surface area contributed by atoms with Crippen LogP contribution in [0.15, 0.2) is 18.2 Å². The highest BCUT2D eigenvalue weighted by molar-refractivity contribution is 5.85. The lowest BCUT2D eigenvalue weighted by atomic mass is 9.80. The highest BCUT2D eigenvalue weighted by atomic mass is 35.5. The van der Waals surface area contributed by atoms with Gasteiger partial charge in [-0.3, -0.25) is 0 Å². The molecule has 0 unspecified atom stereocenters. The first-order valence-electron chi connectivity index (χ1n) is 5.46. The summed E-state index contributed by atoms with van der Waals surface area (Å²) in [4.78, 5) is 0. The number of aromatic hydroxyl groups is 1. The second-order valence-electron chi connectivity index (χ2n) is 6.27. The largest absolute Gasteiger partial charge is 0.508 e. The number of hydrogen-bond acceptors (Lipinski definition) is 1. The maximum absolute atomic E-state index is 9.72. The van der Waals surface area contributed by atoms with Gasteiger partial charge in [0.25, 0.3) is 0 Å². The van der Waals surface area contributed by atoms with Crippen molar-refractivity contribution < 1.29 is 5.11 Å². The third kappa shape index (κ3) is 5.18. The number of rotatable bonds is 0. The third-order valence-corrected chi connectivity index (χ3v) is 2.65. The molecule has 0 bridgehead atoms. The van der Waals surface area contributed by atoms with Crippen LogP contribution in [0.5, 0.6) is 5.75 Å². The van der Waals surface area contributed by atoms with Gasteiger partial charge in [-0.15, -0.1) is 24.8 Å². The maximum atomic E-state index is 9.72. The van der Waals surface area contributed by atoms with Crippen molar-refractivity contribution >= 4 is 24.8 Å². The van der Waals surface area contributed by atoms with E-state index in [9.17, 15) is 5.11 Å². The predicted octanol–water partition coefficient (Wildman–Crippen LogP) is 4.83. The molecule has 0 aliphatic carbocycles. The van der Waals surface area contributed by atoms with Gasteiger partial charge in [-0.2, -0.15) is 0 Å². The molecular weight excluding hydrogens is 255 g/mol. The van der Waals surface area contributed by atoms with Crippen LogP contribution in [-0.4, -0.2) is 5.11 Å². The molecule has 0 spiro atoms. The van der Waals surface area contributed by atoms with E-state index in [4.69, 9.17) is 0 Å². The van der Waals surface area contributed by atoms with E-state index in [1.54, 1.807) is 0 Å². The summed E-state index contributed by atoms with van der Waals surface area (Å²) in [5, 5.41) is 9.72. The van der Waals surface area contributed by atoms with Crippen LogP contribution in [0.3, 0.4) is 0 Å². The number of hydrogen-bond donors (Lipinski definition) is 1. The van der Waals surface area contributed by atoms with Crippen LogP contribution in [0.1, 0.15) is 52.7 Å². The zero-order valence-electron chi connectivity index (χ0n) is 11.5. The van der Waals surface area contributed by atoms with E-state index in [1.807, 2.05) is 12.1 Å². The Morgan fingerprint density at radius 3 is 1.24 bits per heavy atom. The standard InChI is InChI=1S/C14H22O.2ClH/c1-13(2,3)10-7-11(14(4,5)6)9-12(15)8-10;;/h7-9,15H,1-6H3;2*1H. The van der Waals surface area contributed by atoms with Crippen LogP contribution in [0.4, 0.5) is 0 Å². The van der Waals surface area contributed by atoms with E-state index in [1.165, 1.54) is 11.1 Å². The van der Waals surface area contributed by atoms with Crippen LogP contribution in [0.25, 0.3) is 0 Å². The second kappa shape index (κ2) is 5.97. The molecule has 0 saturated heterocycles. The number of phenolic OH excluding ortho intramolecular Hbond substituents is 1. The fraction of sp³-hybridized carbons (Fsp3) is 0.571. The summed E-state index contributed by atoms with van der Waals surface area (Å²) < 4.78 is 0. The molecule has 1 aromatic rings. The summed E-state index contributed by atoms with van der Waals surface area (Å²) in [5.41, 5.74) is 2.54. The summed E-state index contributed by atoms with van der Waals surface area (Å²) >= 11 is 0. The summed E-state index contributed by atoms with van der Waals surface area (Å²) in [7, 11) is 0. The molecule has 0 aliphatic rings. The van der Waals surface area contributed by atoms with E-state index in [2.05, 4.69) is 47.6 Å². The van der Waals surface area contributed by atoms with Crippen molar-refractivity contribution in [1.29, 1.82) is 0 Å². The minimum Gasteiger partial charge on any atom is -0.508 e. The van der Waals surface area contributed by atoms with Gasteiger partial charge >= 0.3 is 0 Å². The fourth-order valence-electron chi connectivity index (χ4n) is 1.48. The van der Waals surface area contributed by atoms with Crippen molar-refractivity contribution in [3.8, 4) is 5.75 Å². The molecule has 1 nitrogen and oxygen atoms in total. The van der Waals surface area contributed by atoms with Crippen molar-refractivity contribution in [2.75, 3.05) is 0 Å². The topological polar surface area (TPSA) is 20.2 Å². The van der Waals surface area contributed by atoms with Crippen LogP contribution in [-0.2, 0) is 10.8 Å². The Kier molecular flexibility index (Phi) is 6.66. The molecule has 0 atom stereocenters. The van der Waals surface area contributed by atoms with E-state index >= 15 is 0 Å². The van der Waals surface area contributed by atoms with Crippen molar-refractivity contribution in [2.45, 2.75) is 52.4 Å². The Bertz CT molecular complexity index is 327. The van der Waals surface area contributed by atoms with Gasteiger partial charge in [-0.05, 0) is 34.1 Å². The highest BCUT2D eigenvalue weighted by Gasteiger charge is 2.20. The van der Waals surface area contributed by atoms with Crippen LogP contribution in [0, 0.1) is 0 Å². The normalized spacial score (nSPS) is 11.4. The van der Waals surface area contributed by atoms with Gasteiger partial charge in [0.2, 0.25) is 0 Å². The van der Waals surface area contributed by atoms with Crippen molar-refractivity contribution in [1.82, 2.24) is 0 Å². The molecule has 0 saturated carbocycles. The number of benzene rings is 1. The molecule has 0 fully saturated rings. The van der Waals surface area contributed by atoms with E-state index < -0.39 is 0 Å². The lowest BCUT2D eigenvalue weighted by Crippen LogP contribution is -2.15. The quantitative estimate of drug-likeness (QED) is 0.721. The van der Waals surface area contributed by atoms with Gasteiger partial charge in [0.15, 0.2) is 0 Å². The fourth-order valence-corrected chi connectivity index (χ4v) is 1.48. The SMILES string of the molecule is CC(C)(C)c1cc(O)cc(C(C)(C)C)c1.Cl.Cl. The summed E-state index contributed by atoms with van der Waals surface area (Å²) in [6.07, 6.45) is 0. The van der Waals surface area contributed by atoms with Crippen LogP contribution in [0.2, 0.25) is 0 Å². The van der Waals surface area contributed by atoms with Gasteiger partial charge < -0.3 is 5.11 Å². The Balaban J connectivity index is 0.